The van der Waals surface area contributed by atoms with Crippen molar-refractivity contribution in [3.8, 4) is 0 Å². The van der Waals surface area contributed by atoms with Crippen molar-refractivity contribution in [1.82, 2.24) is 0 Å². The Labute approximate surface area is 91.4 Å². The van der Waals surface area contributed by atoms with Crippen LogP contribution in [-0.4, -0.2) is 11.2 Å². The molecule has 0 saturated heterocycles. The van der Waals surface area contributed by atoms with Gasteiger partial charge in [0.2, 0.25) is 0 Å². The maximum Gasteiger partial charge on any atom is 0.0637 e. The summed E-state index contributed by atoms with van der Waals surface area (Å²) in [5, 5.41) is 9.62. The van der Waals surface area contributed by atoms with Crippen molar-refractivity contribution in [2.45, 2.75) is 31.8 Å². The molecule has 2 atom stereocenters. The lowest BCUT2D eigenvalue weighted by atomic mass is 9.97. The molecule has 1 aromatic carbocycles. The third kappa shape index (κ3) is 2.93. The number of benzene rings is 1. The van der Waals surface area contributed by atoms with E-state index >= 15 is 0 Å². The highest BCUT2D eigenvalue weighted by Gasteiger charge is 2.19. The molecule has 1 aliphatic carbocycles. The zero-order valence-corrected chi connectivity index (χ0v) is 8.97. The summed E-state index contributed by atoms with van der Waals surface area (Å²) in [4.78, 5) is 0. The highest BCUT2D eigenvalue weighted by Crippen LogP contribution is 2.23. The number of aliphatic hydroxyl groups excluding tert-OH is 1. The van der Waals surface area contributed by atoms with Gasteiger partial charge in [0.25, 0.3) is 0 Å². The Balaban J connectivity index is 1.73. The SMILES string of the molecule is O[C@H]1CC=C[C@H]1CCCc1ccccc1. The van der Waals surface area contributed by atoms with Crippen molar-refractivity contribution in [2.75, 3.05) is 0 Å². The topological polar surface area (TPSA) is 20.2 Å². The van der Waals surface area contributed by atoms with Crippen molar-refractivity contribution in [1.29, 1.82) is 0 Å². The third-order valence-corrected chi connectivity index (χ3v) is 3.10. The lowest BCUT2D eigenvalue weighted by molar-refractivity contribution is 0.138. The van der Waals surface area contributed by atoms with Gasteiger partial charge in [-0.25, -0.2) is 0 Å². The fraction of sp³-hybridized carbons (Fsp3) is 0.429. The lowest BCUT2D eigenvalue weighted by Gasteiger charge is -2.13. The fourth-order valence-corrected chi connectivity index (χ4v) is 2.17. The molecule has 15 heavy (non-hydrogen) atoms. The van der Waals surface area contributed by atoms with Gasteiger partial charge in [0.15, 0.2) is 0 Å². The molecule has 0 fully saturated rings. The third-order valence-electron chi connectivity index (χ3n) is 3.10. The number of aliphatic hydroxyl groups is 1. The number of aryl methyl sites for hydroxylation is 1. The molecule has 0 aliphatic heterocycles. The minimum atomic E-state index is -0.124. The second-order valence-electron chi connectivity index (χ2n) is 4.27. The van der Waals surface area contributed by atoms with Crippen molar-refractivity contribution in [3.05, 3.63) is 48.0 Å². The van der Waals surface area contributed by atoms with Crippen LogP contribution >= 0.6 is 0 Å². The molecule has 0 radical (unpaired) electrons. The van der Waals surface area contributed by atoms with Crippen LogP contribution in [0.1, 0.15) is 24.8 Å². The van der Waals surface area contributed by atoms with Crippen molar-refractivity contribution < 1.29 is 5.11 Å². The highest BCUT2D eigenvalue weighted by atomic mass is 16.3. The van der Waals surface area contributed by atoms with Crippen LogP contribution in [0.3, 0.4) is 0 Å². The van der Waals surface area contributed by atoms with Crippen LogP contribution in [-0.2, 0) is 6.42 Å². The summed E-state index contributed by atoms with van der Waals surface area (Å²) in [6.07, 6.45) is 8.37. The van der Waals surface area contributed by atoms with Gasteiger partial charge in [-0.2, -0.15) is 0 Å². The molecule has 0 unspecified atom stereocenters. The summed E-state index contributed by atoms with van der Waals surface area (Å²) in [6, 6.07) is 10.5. The molecule has 0 aromatic heterocycles. The second kappa shape index (κ2) is 5.13. The number of hydrogen-bond donors (Lipinski definition) is 1. The van der Waals surface area contributed by atoms with Crippen LogP contribution in [0.4, 0.5) is 0 Å². The quantitative estimate of drug-likeness (QED) is 0.744. The summed E-state index contributed by atoms with van der Waals surface area (Å²) < 4.78 is 0. The van der Waals surface area contributed by atoms with E-state index in [0.717, 1.165) is 25.7 Å². The Bertz CT molecular complexity index is 315. The van der Waals surface area contributed by atoms with E-state index in [0.29, 0.717) is 5.92 Å². The molecule has 0 saturated carbocycles. The predicted molar refractivity (Wildman–Crippen MR) is 62.6 cm³/mol. The van der Waals surface area contributed by atoms with Gasteiger partial charge in [-0.15, -0.1) is 0 Å². The van der Waals surface area contributed by atoms with E-state index in [4.69, 9.17) is 0 Å². The highest BCUT2D eigenvalue weighted by molar-refractivity contribution is 5.14. The largest absolute Gasteiger partial charge is 0.392 e. The minimum Gasteiger partial charge on any atom is -0.392 e. The molecule has 0 amide bonds. The summed E-state index contributed by atoms with van der Waals surface area (Å²) in [5.74, 6) is 0.397. The van der Waals surface area contributed by atoms with Crippen LogP contribution in [0.2, 0.25) is 0 Å². The maximum atomic E-state index is 9.62. The first-order valence-corrected chi connectivity index (χ1v) is 5.75. The molecule has 2 rings (SSSR count). The molecule has 1 aromatic rings. The molecule has 1 nitrogen and oxygen atoms in total. The molecule has 0 heterocycles. The van der Waals surface area contributed by atoms with Crippen molar-refractivity contribution >= 4 is 0 Å². The van der Waals surface area contributed by atoms with Crippen molar-refractivity contribution in [2.24, 2.45) is 5.92 Å². The predicted octanol–water partition coefficient (Wildman–Crippen LogP) is 2.95. The van der Waals surface area contributed by atoms with Crippen LogP contribution in [0.15, 0.2) is 42.5 Å². The van der Waals surface area contributed by atoms with Gasteiger partial charge in [0.1, 0.15) is 0 Å². The first kappa shape index (κ1) is 10.4. The minimum absolute atomic E-state index is 0.124. The van der Waals surface area contributed by atoms with E-state index in [-0.39, 0.29) is 6.10 Å². The first-order valence-electron chi connectivity index (χ1n) is 5.75. The van der Waals surface area contributed by atoms with E-state index in [1.807, 2.05) is 6.07 Å². The van der Waals surface area contributed by atoms with Gasteiger partial charge < -0.3 is 5.11 Å². The molecule has 80 valence electrons. The van der Waals surface area contributed by atoms with Crippen LogP contribution in [0.25, 0.3) is 0 Å². The van der Waals surface area contributed by atoms with E-state index in [9.17, 15) is 5.11 Å². The molecule has 1 aliphatic rings. The summed E-state index contributed by atoms with van der Waals surface area (Å²) in [6.45, 7) is 0. The standard InChI is InChI=1S/C14H18O/c15-14-11-5-10-13(14)9-4-8-12-6-2-1-3-7-12/h1-3,5-7,10,13-15H,4,8-9,11H2/t13-,14+/m1/s1. The molecule has 0 spiro atoms. The Morgan fingerprint density at radius 3 is 2.67 bits per heavy atom. The van der Waals surface area contributed by atoms with Crippen LogP contribution in [0, 0.1) is 5.92 Å². The number of rotatable bonds is 4. The van der Waals surface area contributed by atoms with Gasteiger partial charge in [-0.3, -0.25) is 0 Å². The van der Waals surface area contributed by atoms with Crippen LogP contribution < -0.4 is 0 Å². The maximum absolute atomic E-state index is 9.62. The Morgan fingerprint density at radius 1 is 1.20 bits per heavy atom. The second-order valence-corrected chi connectivity index (χ2v) is 4.27. The van der Waals surface area contributed by atoms with Gasteiger partial charge in [-0.1, -0.05) is 42.5 Å². The Hall–Kier alpha value is -1.08. The summed E-state index contributed by atoms with van der Waals surface area (Å²) in [5.41, 5.74) is 1.40. The van der Waals surface area contributed by atoms with Crippen molar-refractivity contribution in [3.63, 3.8) is 0 Å². The zero-order chi connectivity index (χ0) is 10.5. The average Bonchev–Trinajstić information content (AvgIpc) is 2.66. The molecule has 0 bridgehead atoms. The molecular formula is C14H18O. The van der Waals surface area contributed by atoms with Gasteiger partial charge >= 0.3 is 0 Å². The molecule has 1 heteroatoms. The van der Waals surface area contributed by atoms with Crippen LogP contribution in [0.5, 0.6) is 0 Å². The van der Waals surface area contributed by atoms with E-state index < -0.39 is 0 Å². The molecule has 1 N–H and O–H groups in total. The average molecular weight is 202 g/mol. The fourth-order valence-electron chi connectivity index (χ4n) is 2.17. The van der Waals surface area contributed by atoms with Gasteiger partial charge in [0.05, 0.1) is 6.10 Å². The molecular weight excluding hydrogens is 184 g/mol. The first-order chi connectivity index (χ1) is 7.36. The summed E-state index contributed by atoms with van der Waals surface area (Å²) >= 11 is 0. The van der Waals surface area contributed by atoms with E-state index in [1.54, 1.807) is 0 Å². The number of hydrogen-bond acceptors (Lipinski definition) is 1. The van der Waals surface area contributed by atoms with Gasteiger partial charge in [-0.05, 0) is 31.2 Å². The van der Waals surface area contributed by atoms with E-state index in [2.05, 4.69) is 36.4 Å². The summed E-state index contributed by atoms with van der Waals surface area (Å²) in [7, 11) is 0. The Morgan fingerprint density at radius 2 is 2.00 bits per heavy atom. The Kier molecular flexibility index (Phi) is 3.57. The lowest BCUT2D eigenvalue weighted by Crippen LogP contribution is -2.13. The smallest absolute Gasteiger partial charge is 0.0637 e. The normalized spacial score (nSPS) is 24.6. The monoisotopic (exact) mass is 202 g/mol. The zero-order valence-electron chi connectivity index (χ0n) is 8.97. The van der Waals surface area contributed by atoms with Gasteiger partial charge in [0, 0.05) is 5.92 Å². The van der Waals surface area contributed by atoms with E-state index in [1.165, 1.54) is 5.56 Å².